The van der Waals surface area contributed by atoms with Gasteiger partial charge < -0.3 is 4.90 Å². The second kappa shape index (κ2) is 9.13. The molecule has 0 spiro atoms. The Morgan fingerprint density at radius 2 is 1.28 bits per heavy atom. The molecule has 2 N–H and O–H groups in total. The highest BCUT2D eigenvalue weighted by Gasteiger charge is 2.10. The molecule has 0 fully saturated rings. The summed E-state index contributed by atoms with van der Waals surface area (Å²) in [6.45, 7) is 6.00. The summed E-state index contributed by atoms with van der Waals surface area (Å²) in [7, 11) is 0. The van der Waals surface area contributed by atoms with Crippen molar-refractivity contribution in [2.45, 2.75) is 18.7 Å². The van der Waals surface area contributed by atoms with Crippen LogP contribution in [0.5, 0.6) is 0 Å². The highest BCUT2D eigenvalue weighted by Crippen LogP contribution is 2.15. The second-order valence-corrected chi connectivity index (χ2v) is 6.24. The topological polar surface area (TPSA) is 61.4 Å². The molecule has 0 heterocycles. The van der Waals surface area contributed by atoms with Crippen LogP contribution in [0.15, 0.2) is 53.4 Å². The molecule has 0 aliphatic rings. The van der Waals surface area contributed by atoms with E-state index in [1.807, 2.05) is 30.5 Å². The van der Waals surface area contributed by atoms with E-state index in [-0.39, 0.29) is 11.8 Å². The summed E-state index contributed by atoms with van der Waals surface area (Å²) in [5.74, 6) is -0.694. The lowest BCUT2D eigenvalue weighted by Crippen LogP contribution is -2.41. The fourth-order valence-corrected chi connectivity index (χ4v) is 2.82. The van der Waals surface area contributed by atoms with Crippen LogP contribution >= 0.6 is 11.8 Å². The number of rotatable bonds is 6. The molecule has 25 heavy (non-hydrogen) atoms. The van der Waals surface area contributed by atoms with Gasteiger partial charge in [0.2, 0.25) is 0 Å². The van der Waals surface area contributed by atoms with Crippen molar-refractivity contribution < 1.29 is 9.59 Å². The Bertz CT molecular complexity index is 710. The first-order chi connectivity index (χ1) is 12.1. The lowest BCUT2D eigenvalue weighted by Gasteiger charge is -2.21. The van der Waals surface area contributed by atoms with Crippen LogP contribution in [0, 0.1) is 0 Å². The first kappa shape index (κ1) is 18.9. The van der Waals surface area contributed by atoms with Gasteiger partial charge in [0.15, 0.2) is 0 Å². The zero-order valence-corrected chi connectivity index (χ0v) is 15.5. The molecule has 0 saturated carbocycles. The van der Waals surface area contributed by atoms with Crippen LogP contribution in [0.4, 0.5) is 5.69 Å². The Labute approximate surface area is 152 Å². The van der Waals surface area contributed by atoms with Gasteiger partial charge in [0.1, 0.15) is 0 Å². The molecule has 6 heteroatoms. The van der Waals surface area contributed by atoms with Gasteiger partial charge in [-0.25, -0.2) is 0 Å². The van der Waals surface area contributed by atoms with Crippen LogP contribution in [0.25, 0.3) is 0 Å². The quantitative estimate of drug-likeness (QED) is 0.615. The third kappa shape index (κ3) is 5.00. The van der Waals surface area contributed by atoms with Crippen LogP contribution in [-0.2, 0) is 0 Å². The molecule has 0 saturated heterocycles. The highest BCUT2D eigenvalue weighted by atomic mass is 32.2. The first-order valence-corrected chi connectivity index (χ1v) is 9.41. The SMILES string of the molecule is CCN(CC)c1ccc(C(=O)NNC(=O)c2ccc(SC)cc2)cc1. The van der Waals surface area contributed by atoms with Crippen LogP contribution < -0.4 is 15.8 Å². The van der Waals surface area contributed by atoms with Crippen molar-refractivity contribution in [3.05, 3.63) is 59.7 Å². The normalized spacial score (nSPS) is 10.2. The number of anilines is 1. The molecule has 0 aliphatic heterocycles. The molecule has 2 aromatic carbocycles. The van der Waals surface area contributed by atoms with E-state index in [0.717, 1.165) is 23.7 Å². The summed E-state index contributed by atoms with van der Waals surface area (Å²) in [4.78, 5) is 27.5. The van der Waals surface area contributed by atoms with Crippen LogP contribution in [-0.4, -0.2) is 31.2 Å². The highest BCUT2D eigenvalue weighted by molar-refractivity contribution is 7.98. The molecule has 0 bridgehead atoms. The zero-order valence-electron chi connectivity index (χ0n) is 14.7. The Hall–Kier alpha value is -2.47. The number of hydrogen-bond donors (Lipinski definition) is 2. The minimum absolute atomic E-state index is 0.347. The van der Waals surface area contributed by atoms with Crippen molar-refractivity contribution in [2.24, 2.45) is 0 Å². The summed E-state index contributed by atoms with van der Waals surface area (Å²) < 4.78 is 0. The summed E-state index contributed by atoms with van der Waals surface area (Å²) >= 11 is 1.61. The van der Waals surface area contributed by atoms with E-state index >= 15 is 0 Å². The minimum atomic E-state index is -0.347. The lowest BCUT2D eigenvalue weighted by molar-refractivity contribution is 0.0846. The molecule has 0 radical (unpaired) electrons. The fraction of sp³-hybridized carbons (Fsp3) is 0.263. The van der Waals surface area contributed by atoms with Gasteiger partial charge in [-0.3, -0.25) is 20.4 Å². The predicted molar refractivity (Wildman–Crippen MR) is 103 cm³/mol. The third-order valence-corrected chi connectivity index (χ3v) is 4.64. The van der Waals surface area contributed by atoms with Gasteiger partial charge in [0, 0.05) is 34.8 Å². The average molecular weight is 357 g/mol. The van der Waals surface area contributed by atoms with E-state index in [1.165, 1.54) is 0 Å². The molecular weight excluding hydrogens is 334 g/mol. The Morgan fingerprint density at radius 1 is 0.840 bits per heavy atom. The second-order valence-electron chi connectivity index (χ2n) is 5.36. The van der Waals surface area contributed by atoms with Crippen molar-refractivity contribution >= 4 is 29.3 Å². The van der Waals surface area contributed by atoms with E-state index in [2.05, 4.69) is 29.6 Å². The van der Waals surface area contributed by atoms with Gasteiger partial charge in [0.05, 0.1) is 0 Å². The van der Waals surface area contributed by atoms with E-state index in [9.17, 15) is 9.59 Å². The standard InChI is InChI=1S/C19H23N3O2S/c1-4-22(5-2)16-10-6-14(7-11-16)18(23)20-21-19(24)15-8-12-17(25-3)13-9-15/h6-13H,4-5H2,1-3H3,(H,20,23)(H,21,24). The molecule has 0 aliphatic carbocycles. The zero-order chi connectivity index (χ0) is 18.2. The predicted octanol–water partition coefficient (Wildman–Crippen LogP) is 3.33. The van der Waals surface area contributed by atoms with E-state index < -0.39 is 0 Å². The van der Waals surface area contributed by atoms with Crippen molar-refractivity contribution in [1.29, 1.82) is 0 Å². The number of thioether (sulfide) groups is 1. The molecule has 0 unspecified atom stereocenters. The van der Waals surface area contributed by atoms with Gasteiger partial charge >= 0.3 is 0 Å². The van der Waals surface area contributed by atoms with E-state index in [1.54, 1.807) is 36.0 Å². The average Bonchev–Trinajstić information content (AvgIpc) is 2.67. The number of carbonyl (C=O) groups excluding carboxylic acids is 2. The number of hydrogen-bond acceptors (Lipinski definition) is 4. The summed E-state index contributed by atoms with van der Waals surface area (Å²) in [5, 5.41) is 0. The van der Waals surface area contributed by atoms with Gasteiger partial charge in [-0.2, -0.15) is 0 Å². The molecule has 5 nitrogen and oxygen atoms in total. The third-order valence-electron chi connectivity index (χ3n) is 3.90. The maximum Gasteiger partial charge on any atom is 0.269 e. The van der Waals surface area contributed by atoms with Gasteiger partial charge in [-0.15, -0.1) is 11.8 Å². The molecule has 2 amide bonds. The Kier molecular flexibility index (Phi) is 6.89. The van der Waals surface area contributed by atoms with Crippen molar-refractivity contribution in [1.82, 2.24) is 10.9 Å². The van der Waals surface area contributed by atoms with E-state index in [4.69, 9.17) is 0 Å². The van der Waals surface area contributed by atoms with Crippen molar-refractivity contribution in [2.75, 3.05) is 24.2 Å². The first-order valence-electron chi connectivity index (χ1n) is 8.18. The monoisotopic (exact) mass is 357 g/mol. The summed E-state index contributed by atoms with van der Waals surface area (Å²) in [6.07, 6.45) is 1.97. The molecule has 0 aromatic heterocycles. The maximum absolute atomic E-state index is 12.2. The fourth-order valence-electron chi connectivity index (χ4n) is 2.41. The Balaban J connectivity index is 1.93. The minimum Gasteiger partial charge on any atom is -0.372 e. The molecule has 2 rings (SSSR count). The molecular formula is C19H23N3O2S. The maximum atomic E-state index is 12.2. The number of carbonyl (C=O) groups is 2. The number of benzene rings is 2. The summed E-state index contributed by atoms with van der Waals surface area (Å²) in [6, 6.07) is 14.5. The largest absolute Gasteiger partial charge is 0.372 e. The van der Waals surface area contributed by atoms with Crippen LogP contribution in [0.1, 0.15) is 34.6 Å². The van der Waals surface area contributed by atoms with Crippen molar-refractivity contribution in [3.63, 3.8) is 0 Å². The molecule has 0 atom stereocenters. The van der Waals surface area contributed by atoms with Gasteiger partial charge in [-0.05, 0) is 68.6 Å². The van der Waals surface area contributed by atoms with Crippen LogP contribution in [0.3, 0.4) is 0 Å². The smallest absolute Gasteiger partial charge is 0.269 e. The lowest BCUT2D eigenvalue weighted by atomic mass is 10.2. The number of hydrazine groups is 1. The Morgan fingerprint density at radius 3 is 1.68 bits per heavy atom. The van der Waals surface area contributed by atoms with Gasteiger partial charge in [0.25, 0.3) is 11.8 Å². The van der Waals surface area contributed by atoms with E-state index in [0.29, 0.717) is 11.1 Å². The summed E-state index contributed by atoms with van der Waals surface area (Å²) in [5.41, 5.74) is 6.94. The number of nitrogens with one attached hydrogen (secondary N) is 2. The number of nitrogens with zero attached hydrogens (tertiary/aromatic N) is 1. The van der Waals surface area contributed by atoms with Gasteiger partial charge in [-0.1, -0.05) is 0 Å². The van der Waals surface area contributed by atoms with Crippen LogP contribution in [0.2, 0.25) is 0 Å². The van der Waals surface area contributed by atoms with Crippen molar-refractivity contribution in [3.8, 4) is 0 Å². The molecule has 2 aromatic rings. The molecule has 132 valence electrons. The number of amides is 2.